The predicted octanol–water partition coefficient (Wildman–Crippen LogP) is 16.4. The summed E-state index contributed by atoms with van der Waals surface area (Å²) < 4.78 is 0. The molecule has 14 rings (SSSR count). The predicted molar refractivity (Wildman–Crippen MR) is 354 cm³/mol. The number of rotatable bonds is 2. The van der Waals surface area contributed by atoms with Gasteiger partial charge in [0, 0.05) is 0 Å². The molecule has 0 saturated heterocycles. The Morgan fingerprint density at radius 1 is 0.293 bits per heavy atom. The molecule has 0 N–H and O–H groups in total. The van der Waals surface area contributed by atoms with Crippen LogP contribution in [0, 0.1) is 22.7 Å². The monoisotopic (exact) mass is 1060 g/mol. The molecule has 402 valence electrons. The van der Waals surface area contributed by atoms with E-state index in [9.17, 15) is 10.5 Å². The van der Waals surface area contributed by atoms with Gasteiger partial charge in [0.1, 0.15) is 0 Å². The topological polar surface area (TPSA) is 47.6 Å². The minimum Gasteiger partial charge on any atom is -0.192 e. The fraction of sp³-hybridized carbons (Fsp3) is 0.308. The second kappa shape index (κ2) is 16.5. The van der Waals surface area contributed by atoms with Gasteiger partial charge in [-0.2, -0.15) is 10.5 Å². The van der Waals surface area contributed by atoms with E-state index in [4.69, 9.17) is 0 Å². The summed E-state index contributed by atoms with van der Waals surface area (Å²) in [5.74, 6) is 0. The SMILES string of the molecule is CC(C)(C)c1cc(C(C)(C)C)c(-c2cc3c4c(cc5c(-c6c(C(C)(C)C)cc(C(C)(C)C)cc6C(C)(C)C)cc6c7c(cc2c4c57)B2c4ccccc4-c4cc(C#N)cc-6c42)B2c4ccccc4-c4cc(C#N)cc-3c42)c(C(C)(C)C)c1. The van der Waals surface area contributed by atoms with E-state index in [1.54, 1.807) is 0 Å². The van der Waals surface area contributed by atoms with E-state index in [-0.39, 0.29) is 45.9 Å². The van der Waals surface area contributed by atoms with Crippen LogP contribution >= 0.6 is 0 Å². The van der Waals surface area contributed by atoms with Gasteiger partial charge in [0.25, 0.3) is 0 Å². The Morgan fingerprint density at radius 3 is 0.890 bits per heavy atom. The number of benzene rings is 10. The first-order chi connectivity index (χ1) is 38.4. The quantitative estimate of drug-likeness (QED) is 0.128. The zero-order valence-corrected chi connectivity index (χ0v) is 51.6. The van der Waals surface area contributed by atoms with Crippen molar-refractivity contribution >= 4 is 78.5 Å². The van der Waals surface area contributed by atoms with Gasteiger partial charge < -0.3 is 0 Å². The van der Waals surface area contributed by atoms with E-state index in [1.807, 2.05) is 0 Å². The minimum absolute atomic E-state index is 0.0456. The molecule has 0 radical (unpaired) electrons. The molecular formula is C78H74B2N2. The average Bonchev–Trinajstić information content (AvgIpc) is 4.17. The summed E-state index contributed by atoms with van der Waals surface area (Å²) in [6, 6.07) is 52.8. The van der Waals surface area contributed by atoms with Crippen molar-refractivity contribution in [2.24, 2.45) is 0 Å². The van der Waals surface area contributed by atoms with Crippen molar-refractivity contribution in [3.05, 3.63) is 166 Å². The number of nitrogens with zero attached hydrogens (tertiary/aromatic N) is 2. The molecule has 0 atom stereocenters. The van der Waals surface area contributed by atoms with Crippen LogP contribution in [0.3, 0.4) is 0 Å². The van der Waals surface area contributed by atoms with Crippen LogP contribution in [0.5, 0.6) is 0 Å². The molecule has 4 heterocycles. The number of fused-ring (bicyclic) bond motifs is 10. The van der Waals surface area contributed by atoms with Gasteiger partial charge in [-0.15, -0.1) is 0 Å². The molecular weight excluding hydrogens is 986 g/mol. The highest BCUT2D eigenvalue weighted by atomic mass is 14.4. The van der Waals surface area contributed by atoms with Crippen molar-refractivity contribution in [1.29, 1.82) is 10.5 Å². The van der Waals surface area contributed by atoms with Crippen molar-refractivity contribution in [1.82, 2.24) is 0 Å². The minimum atomic E-state index is -0.227. The molecule has 0 bridgehead atoms. The summed E-state index contributed by atoms with van der Waals surface area (Å²) in [7, 11) is 0. The summed E-state index contributed by atoms with van der Waals surface area (Å²) in [4.78, 5) is 0. The third-order valence-electron chi connectivity index (χ3n) is 19.5. The molecule has 10 aromatic carbocycles. The Bertz CT molecular complexity index is 4270. The van der Waals surface area contributed by atoms with Gasteiger partial charge in [0.05, 0.1) is 23.3 Å². The molecule has 0 aromatic heterocycles. The normalized spacial score (nSPS) is 14.1. The first-order valence-electron chi connectivity index (χ1n) is 30.0. The van der Waals surface area contributed by atoms with Crippen LogP contribution in [0.1, 0.15) is 169 Å². The van der Waals surface area contributed by atoms with Crippen molar-refractivity contribution < 1.29 is 0 Å². The van der Waals surface area contributed by atoms with Crippen LogP contribution < -0.4 is 32.8 Å². The maximum Gasteiger partial charge on any atom is 0.244 e. The Morgan fingerprint density at radius 2 is 0.598 bits per heavy atom. The van der Waals surface area contributed by atoms with Crippen LogP contribution in [0.2, 0.25) is 0 Å². The van der Waals surface area contributed by atoms with Gasteiger partial charge in [-0.25, -0.2) is 0 Å². The summed E-state index contributed by atoms with van der Waals surface area (Å²) in [6.45, 7) is 42.9. The van der Waals surface area contributed by atoms with Gasteiger partial charge in [-0.3, -0.25) is 0 Å². The molecule has 0 aliphatic carbocycles. The summed E-state index contributed by atoms with van der Waals surface area (Å²) in [6.07, 6.45) is 0. The van der Waals surface area contributed by atoms with Crippen molar-refractivity contribution in [2.45, 2.75) is 157 Å². The Hall–Kier alpha value is -7.65. The largest absolute Gasteiger partial charge is 0.244 e. The Labute approximate surface area is 488 Å². The third kappa shape index (κ3) is 7.19. The number of hydrogen-bond donors (Lipinski definition) is 0. The van der Waals surface area contributed by atoms with Crippen molar-refractivity contribution in [3.63, 3.8) is 0 Å². The zero-order valence-electron chi connectivity index (χ0n) is 51.6. The lowest BCUT2D eigenvalue weighted by atomic mass is 9.34. The lowest BCUT2D eigenvalue weighted by molar-refractivity contribution is 0.550. The highest BCUT2D eigenvalue weighted by Crippen LogP contribution is 2.55. The molecule has 2 nitrogen and oxygen atoms in total. The molecule has 4 aliphatic rings. The summed E-state index contributed by atoms with van der Waals surface area (Å²) in [5.41, 5.74) is 30.9. The molecule has 82 heavy (non-hydrogen) atoms. The molecule has 0 saturated carbocycles. The van der Waals surface area contributed by atoms with E-state index in [2.05, 4.69) is 258 Å². The number of hydrogen-bond acceptors (Lipinski definition) is 2. The Balaban J connectivity index is 1.31. The second-order valence-corrected chi connectivity index (χ2v) is 31.1. The standard InChI is InChI=1S/C78H74B2N2/c1-73(2,3)43-31-57(75(7,8)9)65(58(32-43)76(10,11)12)47-35-49-55-29-41(39-81)27-53-45-23-20-22-26-62(45)80(71(53)55)64-38-52-48(66-59(77(13,14)15)33-44(74(4,5)6)34-60(66)78(16,17)18)36-50-56-30-42(40-82)28-54-46-24-19-21-25-61(46)79(72(54)56)63-37-51(47)69(67(49)64)70(52)68(50)63/h19-38H,1-18H3. The average molecular weight is 1060 g/mol. The van der Waals surface area contributed by atoms with Crippen LogP contribution in [0.25, 0.3) is 99.1 Å². The van der Waals surface area contributed by atoms with Crippen molar-refractivity contribution in [3.8, 4) is 78.9 Å². The van der Waals surface area contributed by atoms with E-state index in [0.717, 1.165) is 11.1 Å². The highest BCUT2D eigenvalue weighted by molar-refractivity contribution is 7.03. The van der Waals surface area contributed by atoms with E-state index in [1.165, 1.54) is 154 Å². The molecule has 10 aromatic rings. The van der Waals surface area contributed by atoms with Crippen LogP contribution in [-0.2, 0) is 32.5 Å². The first kappa shape index (κ1) is 52.4. The highest BCUT2D eigenvalue weighted by Gasteiger charge is 2.46. The summed E-state index contributed by atoms with van der Waals surface area (Å²) >= 11 is 0. The van der Waals surface area contributed by atoms with Crippen molar-refractivity contribution in [2.75, 3.05) is 0 Å². The van der Waals surface area contributed by atoms with Crippen LogP contribution in [0.4, 0.5) is 0 Å². The molecule has 4 heteroatoms. The third-order valence-corrected chi connectivity index (χ3v) is 19.5. The van der Waals surface area contributed by atoms with Gasteiger partial charge >= 0.3 is 0 Å². The Kier molecular flexibility index (Phi) is 10.6. The van der Waals surface area contributed by atoms with Gasteiger partial charge in [-0.05, 0) is 201 Å². The van der Waals surface area contributed by atoms with Crippen LogP contribution in [-0.4, -0.2) is 13.4 Å². The lowest BCUT2D eigenvalue weighted by Gasteiger charge is -2.37. The van der Waals surface area contributed by atoms with Gasteiger partial charge in [0.2, 0.25) is 13.4 Å². The second-order valence-electron chi connectivity index (χ2n) is 31.1. The summed E-state index contributed by atoms with van der Waals surface area (Å²) in [5, 5.41) is 29.8. The van der Waals surface area contributed by atoms with E-state index in [0.29, 0.717) is 11.1 Å². The lowest BCUT2D eigenvalue weighted by Crippen LogP contribution is -2.53. The fourth-order valence-corrected chi connectivity index (χ4v) is 15.6. The van der Waals surface area contributed by atoms with E-state index < -0.39 is 0 Å². The fourth-order valence-electron chi connectivity index (χ4n) is 15.6. The zero-order chi connectivity index (χ0) is 58.2. The molecule has 0 fully saturated rings. The first-order valence-corrected chi connectivity index (χ1v) is 30.0. The molecule has 0 spiro atoms. The number of nitriles is 2. The van der Waals surface area contributed by atoms with Gasteiger partial charge in [0.15, 0.2) is 0 Å². The molecule has 0 amide bonds. The maximum atomic E-state index is 11.0. The van der Waals surface area contributed by atoms with Crippen LogP contribution in [0.15, 0.2) is 121 Å². The smallest absolute Gasteiger partial charge is 0.192 e. The molecule has 0 unspecified atom stereocenters. The molecule has 4 aliphatic heterocycles. The maximum absolute atomic E-state index is 11.0. The van der Waals surface area contributed by atoms with E-state index >= 15 is 0 Å². The van der Waals surface area contributed by atoms with Gasteiger partial charge in [-0.1, -0.05) is 242 Å².